The van der Waals surface area contributed by atoms with Crippen LogP contribution in [0.5, 0.6) is 5.75 Å². The van der Waals surface area contributed by atoms with Crippen LogP contribution < -0.4 is 4.74 Å². The molecule has 0 radical (unpaired) electrons. The van der Waals surface area contributed by atoms with Crippen LogP contribution in [-0.2, 0) is 20.9 Å². The number of hydrogen-bond acceptors (Lipinski definition) is 4. The summed E-state index contributed by atoms with van der Waals surface area (Å²) in [6.07, 6.45) is 3.97. The van der Waals surface area contributed by atoms with Crippen molar-refractivity contribution in [3.63, 3.8) is 0 Å². The lowest BCUT2D eigenvalue weighted by atomic mass is 9.73. The van der Waals surface area contributed by atoms with Crippen LogP contribution in [0.25, 0.3) is 0 Å². The van der Waals surface area contributed by atoms with Crippen molar-refractivity contribution in [3.8, 4) is 5.75 Å². The van der Waals surface area contributed by atoms with E-state index in [2.05, 4.69) is 0 Å². The number of benzene rings is 2. The molecule has 2 aromatic rings. The molecule has 0 spiro atoms. The number of allylic oxidation sites excluding steroid dienone is 4. The zero-order chi connectivity index (χ0) is 21.4. The first-order valence-electron chi connectivity index (χ1n) is 10.8. The lowest BCUT2D eigenvalue weighted by Crippen LogP contribution is -2.30. The quantitative estimate of drug-likeness (QED) is 0.655. The molecule has 0 amide bonds. The summed E-state index contributed by atoms with van der Waals surface area (Å²) < 4.78 is 25.2. The molecule has 0 saturated heterocycles. The van der Waals surface area contributed by atoms with E-state index in [9.17, 15) is 14.0 Å². The number of carbonyl (C=O) groups is 2. The second-order valence-electron chi connectivity index (χ2n) is 8.25. The molecule has 3 aliphatic rings. The van der Waals surface area contributed by atoms with E-state index in [1.54, 1.807) is 12.1 Å². The van der Waals surface area contributed by atoms with E-state index in [0.29, 0.717) is 36.3 Å². The number of halogens is 1. The molecule has 158 valence electrons. The van der Waals surface area contributed by atoms with Crippen LogP contribution in [0.3, 0.4) is 0 Å². The number of hydrogen-bond donors (Lipinski definition) is 0. The summed E-state index contributed by atoms with van der Waals surface area (Å²) in [5.41, 5.74) is 3.00. The third-order valence-electron chi connectivity index (χ3n) is 6.15. The van der Waals surface area contributed by atoms with Gasteiger partial charge in [-0.25, -0.2) is 4.39 Å². The van der Waals surface area contributed by atoms with E-state index >= 15 is 0 Å². The van der Waals surface area contributed by atoms with Crippen molar-refractivity contribution >= 4 is 11.6 Å². The third-order valence-corrected chi connectivity index (χ3v) is 6.15. The highest BCUT2D eigenvalue weighted by Gasteiger charge is 2.41. The molecule has 2 aliphatic carbocycles. The van der Waals surface area contributed by atoms with E-state index in [0.717, 1.165) is 48.3 Å². The molecule has 0 aromatic heterocycles. The van der Waals surface area contributed by atoms with Crippen molar-refractivity contribution in [2.75, 3.05) is 0 Å². The summed E-state index contributed by atoms with van der Waals surface area (Å²) >= 11 is 0. The monoisotopic (exact) mass is 418 g/mol. The van der Waals surface area contributed by atoms with Crippen molar-refractivity contribution in [2.45, 2.75) is 51.0 Å². The van der Waals surface area contributed by atoms with Gasteiger partial charge in [-0.3, -0.25) is 9.59 Å². The fourth-order valence-electron chi connectivity index (χ4n) is 4.68. The Morgan fingerprint density at radius 2 is 1.52 bits per heavy atom. The Balaban J connectivity index is 1.49. The number of Topliss-reactive ketones (excluding diaryl/α,β-unsaturated/α-hetero) is 2. The molecule has 1 heterocycles. The number of rotatable bonds is 4. The molecule has 4 nitrogen and oxygen atoms in total. The predicted octanol–water partition coefficient (Wildman–Crippen LogP) is 5.53. The molecule has 5 heteroatoms. The molecule has 0 atom stereocenters. The minimum atomic E-state index is -0.395. The van der Waals surface area contributed by atoms with Gasteiger partial charge in [0.1, 0.15) is 29.7 Å². The molecule has 5 rings (SSSR count). The van der Waals surface area contributed by atoms with Gasteiger partial charge in [-0.05, 0) is 48.2 Å². The maximum absolute atomic E-state index is 13.1. The molecule has 2 aromatic carbocycles. The first-order valence-corrected chi connectivity index (χ1v) is 10.8. The first-order chi connectivity index (χ1) is 15.1. The Bertz CT molecular complexity index is 1070. The highest BCUT2D eigenvalue weighted by molar-refractivity contribution is 6.05. The van der Waals surface area contributed by atoms with E-state index in [-0.39, 0.29) is 17.4 Å². The summed E-state index contributed by atoms with van der Waals surface area (Å²) in [6, 6.07) is 13.8. The Morgan fingerprint density at radius 3 is 2.16 bits per heavy atom. The van der Waals surface area contributed by atoms with E-state index in [1.807, 2.05) is 24.3 Å². The summed E-state index contributed by atoms with van der Waals surface area (Å²) in [4.78, 5) is 25.8. The van der Waals surface area contributed by atoms with Gasteiger partial charge in [0.15, 0.2) is 11.6 Å². The molecule has 0 bridgehead atoms. The SMILES string of the molecule is O=C1CCCC2=C1C(c1cccc(OCc3ccc(F)cc3)c1)C1=C(CCCC1=O)O2. The molecule has 1 aliphatic heterocycles. The molecule has 0 saturated carbocycles. The lowest BCUT2D eigenvalue weighted by molar-refractivity contribution is -0.117. The number of ether oxygens (including phenoxy) is 2. The highest BCUT2D eigenvalue weighted by atomic mass is 19.1. The maximum atomic E-state index is 13.1. The van der Waals surface area contributed by atoms with Crippen molar-refractivity contribution < 1.29 is 23.5 Å². The zero-order valence-corrected chi connectivity index (χ0v) is 17.2. The first kappa shape index (κ1) is 19.7. The average molecular weight is 418 g/mol. The second kappa shape index (κ2) is 8.14. The summed E-state index contributed by atoms with van der Waals surface area (Å²) in [7, 11) is 0. The fraction of sp³-hybridized carbons (Fsp3) is 0.308. The van der Waals surface area contributed by atoms with Crippen LogP contribution >= 0.6 is 0 Å². The number of ketones is 2. The molecular formula is C26H23FO4. The Hall–Kier alpha value is -3.21. The predicted molar refractivity (Wildman–Crippen MR) is 113 cm³/mol. The van der Waals surface area contributed by atoms with Crippen LogP contribution in [0.2, 0.25) is 0 Å². The molecule has 0 fully saturated rings. The van der Waals surface area contributed by atoms with Crippen molar-refractivity contribution in [1.82, 2.24) is 0 Å². The third kappa shape index (κ3) is 3.80. The van der Waals surface area contributed by atoms with Gasteiger partial charge in [0.25, 0.3) is 0 Å². The van der Waals surface area contributed by atoms with E-state index in [4.69, 9.17) is 9.47 Å². The van der Waals surface area contributed by atoms with Crippen LogP contribution in [0.4, 0.5) is 4.39 Å². The molecule has 0 unspecified atom stereocenters. The smallest absolute Gasteiger partial charge is 0.163 e. The standard InChI is InChI=1S/C26H23FO4/c27-18-12-10-16(11-13-18)15-30-19-5-1-4-17(14-19)24-25-20(28)6-2-8-22(25)31-23-9-3-7-21(29)26(23)24/h1,4-5,10-14,24H,2-3,6-9,15H2. The van der Waals surface area contributed by atoms with Gasteiger partial charge in [-0.1, -0.05) is 24.3 Å². The van der Waals surface area contributed by atoms with Gasteiger partial charge < -0.3 is 9.47 Å². The van der Waals surface area contributed by atoms with Crippen molar-refractivity contribution in [3.05, 3.63) is 88.1 Å². The Kier molecular flexibility index (Phi) is 5.18. The van der Waals surface area contributed by atoms with Crippen LogP contribution in [0, 0.1) is 5.82 Å². The van der Waals surface area contributed by atoms with Crippen LogP contribution in [0.15, 0.2) is 71.2 Å². The summed E-state index contributed by atoms with van der Waals surface area (Å²) in [6.45, 7) is 0.303. The van der Waals surface area contributed by atoms with Crippen molar-refractivity contribution in [2.24, 2.45) is 0 Å². The largest absolute Gasteiger partial charge is 0.489 e. The molecule has 31 heavy (non-hydrogen) atoms. The van der Waals surface area contributed by atoms with Crippen molar-refractivity contribution in [1.29, 1.82) is 0 Å². The Morgan fingerprint density at radius 1 is 0.871 bits per heavy atom. The van der Waals surface area contributed by atoms with Gasteiger partial charge >= 0.3 is 0 Å². The Labute approximate surface area is 180 Å². The number of carbonyl (C=O) groups excluding carboxylic acids is 2. The summed E-state index contributed by atoms with van der Waals surface area (Å²) in [5.74, 6) is 1.55. The topological polar surface area (TPSA) is 52.6 Å². The van der Waals surface area contributed by atoms with Crippen LogP contribution in [-0.4, -0.2) is 11.6 Å². The normalized spacial score (nSPS) is 19.1. The fourth-order valence-corrected chi connectivity index (χ4v) is 4.68. The average Bonchev–Trinajstić information content (AvgIpc) is 2.78. The van der Waals surface area contributed by atoms with E-state index in [1.165, 1.54) is 12.1 Å². The maximum Gasteiger partial charge on any atom is 0.163 e. The van der Waals surface area contributed by atoms with Gasteiger partial charge in [0, 0.05) is 42.7 Å². The van der Waals surface area contributed by atoms with Gasteiger partial charge in [0.05, 0.1) is 0 Å². The highest BCUT2D eigenvalue weighted by Crippen LogP contribution is 2.48. The van der Waals surface area contributed by atoms with E-state index < -0.39 is 5.92 Å². The van der Waals surface area contributed by atoms with Crippen LogP contribution in [0.1, 0.15) is 55.6 Å². The van der Waals surface area contributed by atoms with Gasteiger partial charge in [-0.15, -0.1) is 0 Å². The minimum absolute atomic E-state index is 0.0637. The van der Waals surface area contributed by atoms with Gasteiger partial charge in [0.2, 0.25) is 0 Å². The lowest BCUT2D eigenvalue weighted by Gasteiger charge is -2.36. The molecular weight excluding hydrogens is 395 g/mol. The summed E-state index contributed by atoms with van der Waals surface area (Å²) in [5, 5.41) is 0. The second-order valence-corrected chi connectivity index (χ2v) is 8.25. The molecule has 0 N–H and O–H groups in total. The minimum Gasteiger partial charge on any atom is -0.489 e. The van der Waals surface area contributed by atoms with Gasteiger partial charge in [-0.2, -0.15) is 0 Å². The zero-order valence-electron chi connectivity index (χ0n) is 17.2.